The van der Waals surface area contributed by atoms with Gasteiger partial charge in [0.2, 0.25) is 0 Å². The summed E-state index contributed by atoms with van der Waals surface area (Å²) in [6.45, 7) is 0. The molecule has 1 heteroatoms. The van der Waals surface area contributed by atoms with Crippen LogP contribution in [0.3, 0.4) is 0 Å². The molecule has 2 fully saturated rings. The molecule has 2 saturated carbocycles. The van der Waals surface area contributed by atoms with Crippen molar-refractivity contribution < 1.29 is 0 Å². The Hall–Kier alpha value is 0.480. The molecule has 2 rings (SSSR count). The summed E-state index contributed by atoms with van der Waals surface area (Å²) >= 11 is 3.51. The highest BCUT2D eigenvalue weighted by molar-refractivity contribution is 9.09. The topological polar surface area (TPSA) is 0 Å². The minimum Gasteiger partial charge on any atom is -0.0928 e. The average molecular weight is 189 g/mol. The Labute approximate surface area is 65.1 Å². The standard InChI is InChI=1S/C8H13Br/c9-4-3-6-1-2-7-5-8(6)7/h6-8H,1-5H2. The molecule has 0 bridgehead atoms. The molecule has 0 aromatic rings. The molecule has 0 spiro atoms. The molecule has 3 unspecified atom stereocenters. The Bertz CT molecular complexity index is 111. The van der Waals surface area contributed by atoms with Gasteiger partial charge in [0.1, 0.15) is 0 Å². The van der Waals surface area contributed by atoms with Crippen molar-refractivity contribution >= 4 is 15.9 Å². The van der Waals surface area contributed by atoms with Crippen LogP contribution in [0.4, 0.5) is 0 Å². The number of halogens is 1. The molecule has 0 nitrogen and oxygen atoms in total. The first-order valence-electron chi connectivity index (χ1n) is 3.98. The Balaban J connectivity index is 1.84. The number of fused-ring (bicyclic) bond motifs is 1. The summed E-state index contributed by atoms with van der Waals surface area (Å²) in [6.07, 6.45) is 6.07. The second-order valence-electron chi connectivity index (χ2n) is 3.47. The predicted molar refractivity (Wildman–Crippen MR) is 42.7 cm³/mol. The molecule has 0 N–H and O–H groups in total. The minimum absolute atomic E-state index is 1.11. The first-order chi connectivity index (χ1) is 4.42. The van der Waals surface area contributed by atoms with Crippen LogP contribution >= 0.6 is 15.9 Å². The van der Waals surface area contributed by atoms with Crippen molar-refractivity contribution in [2.45, 2.75) is 25.7 Å². The summed E-state index contributed by atoms with van der Waals surface area (Å²) in [4.78, 5) is 0. The van der Waals surface area contributed by atoms with Crippen LogP contribution in [0.1, 0.15) is 25.7 Å². The van der Waals surface area contributed by atoms with Crippen LogP contribution in [0.25, 0.3) is 0 Å². The number of alkyl halides is 1. The van der Waals surface area contributed by atoms with Gasteiger partial charge in [0, 0.05) is 5.33 Å². The molecular formula is C8H13Br. The zero-order valence-corrected chi connectivity index (χ0v) is 7.23. The van der Waals surface area contributed by atoms with Crippen LogP contribution in [0.5, 0.6) is 0 Å². The van der Waals surface area contributed by atoms with Crippen molar-refractivity contribution in [3.63, 3.8) is 0 Å². The number of hydrogen-bond donors (Lipinski definition) is 0. The van der Waals surface area contributed by atoms with Crippen molar-refractivity contribution in [3.05, 3.63) is 0 Å². The van der Waals surface area contributed by atoms with Gasteiger partial charge in [-0.15, -0.1) is 0 Å². The van der Waals surface area contributed by atoms with Crippen molar-refractivity contribution in [2.24, 2.45) is 17.8 Å². The van der Waals surface area contributed by atoms with Gasteiger partial charge in [0.15, 0.2) is 0 Å². The fraction of sp³-hybridized carbons (Fsp3) is 1.00. The monoisotopic (exact) mass is 188 g/mol. The Morgan fingerprint density at radius 2 is 2.22 bits per heavy atom. The summed E-state index contributed by atoms with van der Waals surface area (Å²) in [7, 11) is 0. The highest BCUT2D eigenvalue weighted by atomic mass is 79.9. The molecule has 0 aliphatic heterocycles. The highest BCUT2D eigenvalue weighted by Crippen LogP contribution is 2.56. The van der Waals surface area contributed by atoms with Gasteiger partial charge in [0.05, 0.1) is 0 Å². The molecule has 9 heavy (non-hydrogen) atoms. The van der Waals surface area contributed by atoms with Gasteiger partial charge in [-0.2, -0.15) is 0 Å². The minimum atomic E-state index is 1.11. The Morgan fingerprint density at radius 1 is 1.33 bits per heavy atom. The molecule has 0 radical (unpaired) electrons. The van der Waals surface area contributed by atoms with Gasteiger partial charge < -0.3 is 0 Å². The molecular weight excluding hydrogens is 176 g/mol. The van der Waals surface area contributed by atoms with Crippen LogP contribution in [-0.2, 0) is 0 Å². The molecule has 0 aromatic carbocycles. The molecule has 2 aliphatic carbocycles. The SMILES string of the molecule is BrCCC1CCC2CC12. The number of hydrogen-bond acceptors (Lipinski definition) is 0. The van der Waals surface area contributed by atoms with Crippen molar-refractivity contribution in [2.75, 3.05) is 5.33 Å². The van der Waals surface area contributed by atoms with E-state index in [-0.39, 0.29) is 0 Å². The lowest BCUT2D eigenvalue weighted by molar-refractivity contribution is 0.470. The van der Waals surface area contributed by atoms with Crippen molar-refractivity contribution in [1.29, 1.82) is 0 Å². The smallest absolute Gasteiger partial charge is 0.00340 e. The zero-order valence-electron chi connectivity index (χ0n) is 5.65. The predicted octanol–water partition coefficient (Wildman–Crippen LogP) is 2.82. The van der Waals surface area contributed by atoms with E-state index in [4.69, 9.17) is 0 Å². The summed E-state index contributed by atoms with van der Waals surface area (Å²) in [5.41, 5.74) is 0. The molecule has 3 atom stereocenters. The lowest BCUT2D eigenvalue weighted by Crippen LogP contribution is -1.98. The van der Waals surface area contributed by atoms with E-state index < -0.39 is 0 Å². The average Bonchev–Trinajstić information content (AvgIpc) is 2.54. The third kappa shape index (κ3) is 1.04. The lowest BCUT2D eigenvalue weighted by atomic mass is 10.0. The Kier molecular flexibility index (Phi) is 1.56. The van der Waals surface area contributed by atoms with E-state index in [1.807, 2.05) is 0 Å². The first kappa shape index (κ1) is 6.21. The second kappa shape index (κ2) is 2.26. The molecule has 0 saturated heterocycles. The normalized spacial score (nSPS) is 47.0. The maximum atomic E-state index is 3.51. The van der Waals surface area contributed by atoms with E-state index in [2.05, 4.69) is 15.9 Å². The van der Waals surface area contributed by atoms with Crippen LogP contribution in [0, 0.1) is 17.8 Å². The van der Waals surface area contributed by atoms with Crippen molar-refractivity contribution in [1.82, 2.24) is 0 Å². The maximum absolute atomic E-state index is 3.51. The van der Waals surface area contributed by atoms with Gasteiger partial charge in [-0.05, 0) is 43.4 Å². The number of rotatable bonds is 2. The molecule has 0 aromatic heterocycles. The van der Waals surface area contributed by atoms with Crippen LogP contribution in [-0.4, -0.2) is 5.33 Å². The summed E-state index contributed by atoms with van der Waals surface area (Å²) in [5, 5.41) is 1.22. The van der Waals surface area contributed by atoms with Gasteiger partial charge in [-0.25, -0.2) is 0 Å². The van der Waals surface area contributed by atoms with Gasteiger partial charge >= 0.3 is 0 Å². The third-order valence-corrected chi connectivity index (χ3v) is 3.43. The van der Waals surface area contributed by atoms with E-state index in [0.29, 0.717) is 0 Å². The van der Waals surface area contributed by atoms with Crippen LogP contribution in [0.2, 0.25) is 0 Å². The largest absolute Gasteiger partial charge is 0.0928 e. The summed E-state index contributed by atoms with van der Waals surface area (Å²) in [6, 6.07) is 0. The van der Waals surface area contributed by atoms with Crippen LogP contribution in [0.15, 0.2) is 0 Å². The molecule has 0 heterocycles. The highest BCUT2D eigenvalue weighted by Gasteiger charge is 2.46. The lowest BCUT2D eigenvalue weighted by Gasteiger charge is -2.07. The molecule has 0 amide bonds. The van der Waals surface area contributed by atoms with E-state index in [0.717, 1.165) is 5.92 Å². The molecule has 52 valence electrons. The Morgan fingerprint density at radius 3 is 2.67 bits per heavy atom. The van der Waals surface area contributed by atoms with Crippen LogP contribution < -0.4 is 0 Å². The summed E-state index contributed by atoms with van der Waals surface area (Å²) in [5.74, 6) is 3.45. The summed E-state index contributed by atoms with van der Waals surface area (Å²) < 4.78 is 0. The van der Waals surface area contributed by atoms with Crippen molar-refractivity contribution in [3.8, 4) is 0 Å². The van der Waals surface area contributed by atoms with E-state index in [9.17, 15) is 0 Å². The quantitative estimate of drug-likeness (QED) is 0.586. The fourth-order valence-corrected chi connectivity index (χ4v) is 2.91. The van der Waals surface area contributed by atoms with E-state index >= 15 is 0 Å². The first-order valence-corrected chi connectivity index (χ1v) is 5.10. The van der Waals surface area contributed by atoms with Gasteiger partial charge in [-0.1, -0.05) is 15.9 Å². The maximum Gasteiger partial charge on any atom is 0.00340 e. The second-order valence-corrected chi connectivity index (χ2v) is 4.27. The van der Waals surface area contributed by atoms with Gasteiger partial charge in [-0.3, -0.25) is 0 Å². The van der Waals surface area contributed by atoms with E-state index in [1.165, 1.54) is 30.0 Å². The van der Waals surface area contributed by atoms with E-state index in [1.54, 1.807) is 12.8 Å². The fourth-order valence-electron chi connectivity index (χ4n) is 2.32. The molecule has 2 aliphatic rings. The third-order valence-electron chi connectivity index (χ3n) is 2.97. The zero-order chi connectivity index (χ0) is 6.27. The van der Waals surface area contributed by atoms with Gasteiger partial charge in [0.25, 0.3) is 0 Å².